The van der Waals surface area contributed by atoms with Gasteiger partial charge in [0, 0.05) is 22.0 Å². The molecule has 24 heavy (non-hydrogen) atoms. The van der Waals surface area contributed by atoms with Crippen LogP contribution in [-0.4, -0.2) is 10.7 Å². The Hall–Kier alpha value is -1.58. The third-order valence-electron chi connectivity index (χ3n) is 4.43. The van der Waals surface area contributed by atoms with E-state index < -0.39 is 0 Å². The molecule has 4 heteroatoms. The van der Waals surface area contributed by atoms with Crippen molar-refractivity contribution in [1.29, 1.82) is 0 Å². The summed E-state index contributed by atoms with van der Waals surface area (Å²) >= 11 is 12.0. The van der Waals surface area contributed by atoms with Crippen molar-refractivity contribution in [3.63, 3.8) is 0 Å². The Morgan fingerprint density at radius 2 is 1.83 bits per heavy atom. The van der Waals surface area contributed by atoms with Gasteiger partial charge >= 0.3 is 0 Å². The molecule has 2 aromatic carbocycles. The second kappa shape index (κ2) is 6.73. The first-order chi connectivity index (χ1) is 11.4. The van der Waals surface area contributed by atoms with Crippen molar-refractivity contribution >= 4 is 40.2 Å². The van der Waals surface area contributed by atoms with Crippen LogP contribution in [0.1, 0.15) is 44.7 Å². The van der Waals surface area contributed by atoms with Crippen molar-refractivity contribution in [2.45, 2.75) is 45.7 Å². The predicted octanol–water partition coefficient (Wildman–Crippen LogP) is 6.03. The maximum absolute atomic E-state index is 6.17. The third-order valence-corrected chi connectivity index (χ3v) is 5.07. The Labute approximate surface area is 154 Å². The largest absolute Gasteiger partial charge is 0.362 e. The first kappa shape index (κ1) is 17.2. The van der Waals surface area contributed by atoms with E-state index >= 15 is 0 Å². The second-order valence-electron chi connectivity index (χ2n) is 6.78. The van der Waals surface area contributed by atoms with Gasteiger partial charge in [-0.15, -0.1) is 0 Å². The molecule has 0 atom stereocenters. The van der Waals surface area contributed by atoms with Gasteiger partial charge in [0.25, 0.3) is 0 Å². The van der Waals surface area contributed by atoms with Gasteiger partial charge in [0.15, 0.2) is 0 Å². The molecule has 0 radical (unpaired) electrons. The average molecular weight is 359 g/mol. The van der Waals surface area contributed by atoms with E-state index in [2.05, 4.69) is 55.3 Å². The first-order valence-electron chi connectivity index (χ1n) is 8.43. The van der Waals surface area contributed by atoms with Gasteiger partial charge in [-0.3, -0.25) is 0 Å². The molecule has 0 bridgehead atoms. The highest BCUT2D eigenvalue weighted by Gasteiger charge is 2.36. The third kappa shape index (κ3) is 3.28. The number of nitrogens with one attached hydrogen (secondary N) is 1. The summed E-state index contributed by atoms with van der Waals surface area (Å²) < 4.78 is 0. The molecular formula is C20H23ClN2S. The maximum atomic E-state index is 6.17. The Balaban J connectivity index is 1.96. The Bertz CT molecular complexity index is 753. The molecule has 0 aliphatic carbocycles. The van der Waals surface area contributed by atoms with Gasteiger partial charge in [-0.05, 0) is 62.6 Å². The highest BCUT2D eigenvalue weighted by atomic mass is 35.5. The fourth-order valence-corrected chi connectivity index (χ4v) is 3.87. The Morgan fingerprint density at radius 3 is 2.50 bits per heavy atom. The minimum absolute atomic E-state index is 0.303. The highest BCUT2D eigenvalue weighted by Crippen LogP contribution is 2.36. The molecule has 1 aliphatic rings. The summed E-state index contributed by atoms with van der Waals surface area (Å²) in [7, 11) is 0. The normalized spacial score (nSPS) is 15.8. The lowest BCUT2D eigenvalue weighted by molar-refractivity contribution is 0.585. The Morgan fingerprint density at radius 1 is 1.12 bits per heavy atom. The number of hydrogen-bond acceptors (Lipinski definition) is 2. The molecule has 0 spiro atoms. The quantitative estimate of drug-likeness (QED) is 0.672. The summed E-state index contributed by atoms with van der Waals surface area (Å²) in [5, 5.41) is 4.27. The second-order valence-corrected chi connectivity index (χ2v) is 7.61. The molecule has 0 aromatic heterocycles. The van der Waals surface area contributed by atoms with E-state index in [4.69, 9.17) is 23.8 Å². The van der Waals surface area contributed by atoms with Crippen LogP contribution in [0, 0.1) is 0 Å². The lowest BCUT2D eigenvalue weighted by Crippen LogP contribution is -2.56. The smallest absolute Gasteiger partial charge is 0.117 e. The van der Waals surface area contributed by atoms with Crippen molar-refractivity contribution in [3.05, 3.63) is 58.6 Å². The zero-order valence-corrected chi connectivity index (χ0v) is 16.0. The van der Waals surface area contributed by atoms with Crippen LogP contribution in [0.25, 0.3) is 0 Å². The van der Waals surface area contributed by atoms with Gasteiger partial charge in [0.2, 0.25) is 0 Å². The summed E-state index contributed by atoms with van der Waals surface area (Å²) in [6.45, 7) is 6.50. The monoisotopic (exact) mass is 358 g/mol. The molecule has 1 N–H and O–H groups in total. The van der Waals surface area contributed by atoms with Crippen LogP contribution in [0.5, 0.6) is 0 Å². The summed E-state index contributed by atoms with van der Waals surface area (Å²) in [4.78, 5) is 2.97. The minimum atomic E-state index is -0.303. The molecule has 2 nitrogen and oxygen atoms in total. The number of fused-ring (bicyclic) bond motifs is 1. The average Bonchev–Trinajstić information content (AvgIpc) is 2.54. The van der Waals surface area contributed by atoms with E-state index in [1.165, 1.54) is 18.4 Å². The number of rotatable bonds is 4. The fourth-order valence-electron chi connectivity index (χ4n) is 3.19. The summed E-state index contributed by atoms with van der Waals surface area (Å²) in [5.74, 6) is 0. The van der Waals surface area contributed by atoms with Crippen LogP contribution < -0.4 is 10.2 Å². The standard InChI is InChI=1S/C20H23ClN2S/c1-4-5-6-14-7-10-16(11-8-14)23-19(24)17-13-15(21)9-12-18(17)22-20(23,2)3/h7-13,22H,4-6H2,1-3H3. The van der Waals surface area contributed by atoms with E-state index in [-0.39, 0.29) is 5.66 Å². The zero-order valence-electron chi connectivity index (χ0n) is 14.4. The van der Waals surface area contributed by atoms with E-state index in [9.17, 15) is 0 Å². The van der Waals surface area contributed by atoms with Crippen LogP contribution in [0.4, 0.5) is 11.4 Å². The van der Waals surface area contributed by atoms with Gasteiger partial charge < -0.3 is 10.2 Å². The SMILES string of the molecule is CCCCc1ccc(N2C(=S)c3cc(Cl)ccc3NC2(C)C)cc1. The van der Waals surface area contributed by atoms with Crippen LogP contribution in [-0.2, 0) is 6.42 Å². The number of anilines is 2. The van der Waals surface area contributed by atoms with Gasteiger partial charge in [-0.2, -0.15) is 0 Å². The molecule has 0 fully saturated rings. The summed E-state index contributed by atoms with van der Waals surface area (Å²) in [6.07, 6.45) is 3.56. The van der Waals surface area contributed by atoms with Gasteiger partial charge in [-0.25, -0.2) is 0 Å². The molecule has 0 unspecified atom stereocenters. The molecular weight excluding hydrogens is 336 g/mol. The lowest BCUT2D eigenvalue weighted by atomic mass is 10.0. The van der Waals surface area contributed by atoms with Crippen molar-refractivity contribution < 1.29 is 0 Å². The molecule has 0 saturated heterocycles. The van der Waals surface area contributed by atoms with E-state index in [0.717, 1.165) is 28.3 Å². The van der Waals surface area contributed by atoms with E-state index in [1.54, 1.807) is 0 Å². The lowest BCUT2D eigenvalue weighted by Gasteiger charge is -2.46. The number of benzene rings is 2. The number of thiocarbonyl (C=S) groups is 1. The summed E-state index contributed by atoms with van der Waals surface area (Å²) in [5.41, 5.74) is 4.18. The van der Waals surface area contributed by atoms with Crippen molar-refractivity contribution in [2.24, 2.45) is 0 Å². The molecule has 1 aliphatic heterocycles. The zero-order chi connectivity index (χ0) is 17.3. The topological polar surface area (TPSA) is 15.3 Å². The van der Waals surface area contributed by atoms with Crippen molar-refractivity contribution in [2.75, 3.05) is 10.2 Å². The number of aryl methyl sites for hydroxylation is 1. The minimum Gasteiger partial charge on any atom is -0.362 e. The van der Waals surface area contributed by atoms with E-state index in [1.807, 2.05) is 18.2 Å². The van der Waals surface area contributed by atoms with Crippen LogP contribution >= 0.6 is 23.8 Å². The molecule has 2 aromatic rings. The number of hydrogen-bond donors (Lipinski definition) is 1. The van der Waals surface area contributed by atoms with Gasteiger partial charge in [0.1, 0.15) is 10.7 Å². The first-order valence-corrected chi connectivity index (χ1v) is 9.22. The number of nitrogens with zero attached hydrogens (tertiary/aromatic N) is 1. The Kier molecular flexibility index (Phi) is 4.84. The highest BCUT2D eigenvalue weighted by molar-refractivity contribution is 7.81. The molecule has 3 rings (SSSR count). The van der Waals surface area contributed by atoms with Gasteiger partial charge in [-0.1, -0.05) is 49.3 Å². The van der Waals surface area contributed by atoms with E-state index in [0.29, 0.717) is 5.02 Å². The molecule has 1 heterocycles. The molecule has 126 valence electrons. The molecule has 0 saturated carbocycles. The maximum Gasteiger partial charge on any atom is 0.117 e. The predicted molar refractivity (Wildman–Crippen MR) is 108 cm³/mol. The number of halogens is 1. The van der Waals surface area contributed by atoms with Crippen LogP contribution in [0.3, 0.4) is 0 Å². The summed E-state index contributed by atoms with van der Waals surface area (Å²) in [6, 6.07) is 14.6. The number of unbranched alkanes of at least 4 members (excludes halogenated alkanes) is 1. The van der Waals surface area contributed by atoms with Crippen LogP contribution in [0.15, 0.2) is 42.5 Å². The van der Waals surface area contributed by atoms with Gasteiger partial charge in [0.05, 0.1) is 0 Å². The fraction of sp³-hybridized carbons (Fsp3) is 0.350. The van der Waals surface area contributed by atoms with Crippen molar-refractivity contribution in [3.8, 4) is 0 Å². The van der Waals surface area contributed by atoms with Crippen LogP contribution in [0.2, 0.25) is 5.02 Å². The van der Waals surface area contributed by atoms with Crippen molar-refractivity contribution in [1.82, 2.24) is 0 Å². The molecule has 0 amide bonds.